The number of rotatable bonds is 7. The second-order valence-electron chi connectivity index (χ2n) is 5.48. The Bertz CT molecular complexity index is 732. The number of aryl methyl sites for hydroxylation is 3. The summed E-state index contributed by atoms with van der Waals surface area (Å²) in [5.41, 5.74) is 7.70. The number of ether oxygens (including phenoxy) is 1. The Morgan fingerprint density at radius 2 is 1.96 bits per heavy atom. The number of benzene rings is 1. The van der Waals surface area contributed by atoms with Gasteiger partial charge in [-0.25, -0.2) is 0 Å². The minimum Gasteiger partial charge on any atom is -0.493 e. The molecule has 0 spiro atoms. The van der Waals surface area contributed by atoms with Crippen molar-refractivity contribution >= 4 is 17.5 Å². The molecule has 0 aliphatic rings. The molecule has 2 amide bonds. The number of para-hydroxylation sites is 1. The van der Waals surface area contributed by atoms with Crippen LogP contribution in [0.4, 0.5) is 5.69 Å². The number of amides is 2. The molecule has 1 aromatic carbocycles. The van der Waals surface area contributed by atoms with Crippen LogP contribution in [0.15, 0.2) is 24.4 Å². The molecule has 0 saturated carbocycles. The van der Waals surface area contributed by atoms with Gasteiger partial charge in [0.1, 0.15) is 5.75 Å². The van der Waals surface area contributed by atoms with Crippen LogP contribution in [0.5, 0.6) is 5.75 Å². The predicted octanol–water partition coefficient (Wildman–Crippen LogP) is 2.03. The van der Waals surface area contributed by atoms with Crippen molar-refractivity contribution in [3.05, 3.63) is 41.2 Å². The number of nitrogens with one attached hydrogen (secondary N) is 1. The molecule has 7 heteroatoms. The Hall–Kier alpha value is -2.83. The molecule has 0 aliphatic carbocycles. The normalized spacial score (nSPS) is 10.5. The monoisotopic (exact) mass is 330 g/mol. The van der Waals surface area contributed by atoms with Gasteiger partial charge in [-0.2, -0.15) is 5.10 Å². The summed E-state index contributed by atoms with van der Waals surface area (Å²) in [4.78, 5) is 23.4. The lowest BCUT2D eigenvalue weighted by atomic mass is 10.1. The SMILES string of the molecule is CCn1cc(NC(=O)CCOc2c(C)cccc2C)c(C(N)=O)n1. The molecular formula is C17H22N4O3. The zero-order chi connectivity index (χ0) is 17.7. The quantitative estimate of drug-likeness (QED) is 0.811. The van der Waals surface area contributed by atoms with Crippen molar-refractivity contribution in [3.63, 3.8) is 0 Å². The highest BCUT2D eigenvalue weighted by atomic mass is 16.5. The summed E-state index contributed by atoms with van der Waals surface area (Å²) in [6.45, 7) is 6.61. The summed E-state index contributed by atoms with van der Waals surface area (Å²) in [6.07, 6.45) is 1.74. The molecule has 0 fully saturated rings. The van der Waals surface area contributed by atoms with E-state index in [4.69, 9.17) is 10.5 Å². The molecule has 0 bridgehead atoms. The maximum atomic E-state index is 12.1. The standard InChI is InChI=1S/C17H22N4O3/c1-4-21-10-13(15(20-21)17(18)23)19-14(22)8-9-24-16-11(2)6-5-7-12(16)3/h5-7,10H,4,8-9H2,1-3H3,(H2,18,23)(H,19,22). The number of anilines is 1. The van der Waals surface area contributed by atoms with Gasteiger partial charge in [0.25, 0.3) is 5.91 Å². The van der Waals surface area contributed by atoms with Crippen LogP contribution in [0.25, 0.3) is 0 Å². The number of nitrogens with zero attached hydrogens (tertiary/aromatic N) is 2. The van der Waals surface area contributed by atoms with Gasteiger partial charge in [-0.05, 0) is 31.9 Å². The number of primary amides is 1. The van der Waals surface area contributed by atoms with E-state index in [1.165, 1.54) is 0 Å². The Kier molecular flexibility index (Phi) is 5.57. The van der Waals surface area contributed by atoms with Crippen molar-refractivity contribution in [1.29, 1.82) is 0 Å². The molecule has 0 saturated heterocycles. The average molecular weight is 330 g/mol. The van der Waals surface area contributed by atoms with Crippen LogP contribution in [0.2, 0.25) is 0 Å². The highest BCUT2D eigenvalue weighted by molar-refractivity contribution is 6.01. The van der Waals surface area contributed by atoms with Crippen LogP contribution >= 0.6 is 0 Å². The minimum absolute atomic E-state index is 0.0564. The summed E-state index contributed by atoms with van der Waals surface area (Å²) in [6, 6.07) is 5.88. The first-order valence-corrected chi connectivity index (χ1v) is 7.78. The van der Waals surface area contributed by atoms with Crippen LogP contribution in [-0.4, -0.2) is 28.2 Å². The van der Waals surface area contributed by atoms with Crippen molar-refractivity contribution in [1.82, 2.24) is 9.78 Å². The van der Waals surface area contributed by atoms with Gasteiger partial charge in [-0.15, -0.1) is 0 Å². The van der Waals surface area contributed by atoms with Gasteiger partial charge in [-0.3, -0.25) is 14.3 Å². The number of hydrogen-bond donors (Lipinski definition) is 2. The maximum absolute atomic E-state index is 12.1. The summed E-state index contributed by atoms with van der Waals surface area (Å²) in [5, 5.41) is 6.69. The van der Waals surface area contributed by atoms with E-state index in [2.05, 4.69) is 10.4 Å². The lowest BCUT2D eigenvalue weighted by molar-refractivity contribution is -0.116. The van der Waals surface area contributed by atoms with Crippen molar-refractivity contribution in [3.8, 4) is 5.75 Å². The molecule has 128 valence electrons. The Morgan fingerprint density at radius 3 is 2.54 bits per heavy atom. The highest BCUT2D eigenvalue weighted by Crippen LogP contribution is 2.22. The molecule has 1 heterocycles. The van der Waals surface area contributed by atoms with E-state index in [9.17, 15) is 9.59 Å². The molecule has 7 nitrogen and oxygen atoms in total. The van der Waals surface area contributed by atoms with Crippen molar-refractivity contribution in [2.45, 2.75) is 33.7 Å². The Balaban J connectivity index is 1.94. The first kappa shape index (κ1) is 17.5. The molecule has 2 aromatic rings. The van der Waals surface area contributed by atoms with Gasteiger partial charge < -0.3 is 15.8 Å². The maximum Gasteiger partial charge on any atom is 0.271 e. The molecule has 24 heavy (non-hydrogen) atoms. The van der Waals surface area contributed by atoms with Gasteiger partial charge in [0.15, 0.2) is 5.69 Å². The van der Waals surface area contributed by atoms with E-state index in [0.29, 0.717) is 12.2 Å². The van der Waals surface area contributed by atoms with Crippen LogP contribution < -0.4 is 15.8 Å². The zero-order valence-corrected chi connectivity index (χ0v) is 14.1. The topological polar surface area (TPSA) is 99.2 Å². The molecule has 0 unspecified atom stereocenters. The van der Waals surface area contributed by atoms with Gasteiger partial charge in [0.2, 0.25) is 5.91 Å². The van der Waals surface area contributed by atoms with E-state index >= 15 is 0 Å². The van der Waals surface area contributed by atoms with E-state index in [-0.39, 0.29) is 24.6 Å². The molecule has 0 atom stereocenters. The van der Waals surface area contributed by atoms with Crippen LogP contribution in [0.1, 0.15) is 35.0 Å². The number of nitrogens with two attached hydrogens (primary N) is 1. The lowest BCUT2D eigenvalue weighted by Crippen LogP contribution is -2.19. The number of hydrogen-bond acceptors (Lipinski definition) is 4. The summed E-state index contributed by atoms with van der Waals surface area (Å²) in [5.74, 6) is -0.148. The summed E-state index contributed by atoms with van der Waals surface area (Å²) < 4.78 is 7.25. The predicted molar refractivity (Wildman–Crippen MR) is 91.1 cm³/mol. The molecule has 3 N–H and O–H groups in total. The third-order valence-corrected chi connectivity index (χ3v) is 3.58. The van der Waals surface area contributed by atoms with Gasteiger partial charge in [-0.1, -0.05) is 18.2 Å². The molecule has 0 aliphatic heterocycles. The molecular weight excluding hydrogens is 308 g/mol. The van der Waals surface area contributed by atoms with Gasteiger partial charge in [0, 0.05) is 12.7 Å². The second-order valence-corrected chi connectivity index (χ2v) is 5.48. The zero-order valence-electron chi connectivity index (χ0n) is 14.1. The Labute approximate surface area is 140 Å². The van der Waals surface area contributed by atoms with E-state index in [0.717, 1.165) is 16.9 Å². The summed E-state index contributed by atoms with van der Waals surface area (Å²) >= 11 is 0. The van der Waals surface area contributed by atoms with Crippen molar-refractivity contribution < 1.29 is 14.3 Å². The fourth-order valence-corrected chi connectivity index (χ4v) is 2.34. The summed E-state index contributed by atoms with van der Waals surface area (Å²) in [7, 11) is 0. The number of carbonyl (C=O) groups is 2. The first-order chi connectivity index (χ1) is 11.4. The third-order valence-electron chi connectivity index (χ3n) is 3.58. The lowest BCUT2D eigenvalue weighted by Gasteiger charge is -2.11. The smallest absolute Gasteiger partial charge is 0.271 e. The van der Waals surface area contributed by atoms with Crippen LogP contribution in [0, 0.1) is 13.8 Å². The molecule has 2 rings (SSSR count). The Morgan fingerprint density at radius 1 is 1.29 bits per heavy atom. The van der Waals surface area contributed by atoms with Crippen molar-refractivity contribution in [2.75, 3.05) is 11.9 Å². The molecule has 1 aromatic heterocycles. The third kappa shape index (κ3) is 4.13. The van der Waals surface area contributed by atoms with Gasteiger partial charge in [0.05, 0.1) is 18.7 Å². The van der Waals surface area contributed by atoms with E-state index in [1.807, 2.05) is 39.0 Å². The largest absolute Gasteiger partial charge is 0.493 e. The van der Waals surface area contributed by atoms with Crippen LogP contribution in [0.3, 0.4) is 0 Å². The fourth-order valence-electron chi connectivity index (χ4n) is 2.34. The molecule has 0 radical (unpaired) electrons. The second kappa shape index (κ2) is 7.63. The fraction of sp³-hybridized carbons (Fsp3) is 0.353. The van der Waals surface area contributed by atoms with E-state index in [1.54, 1.807) is 10.9 Å². The minimum atomic E-state index is -0.677. The number of aromatic nitrogens is 2. The van der Waals surface area contributed by atoms with E-state index < -0.39 is 5.91 Å². The average Bonchev–Trinajstić information content (AvgIpc) is 2.93. The first-order valence-electron chi connectivity index (χ1n) is 7.78. The number of carbonyl (C=O) groups excluding carboxylic acids is 2. The van der Waals surface area contributed by atoms with Crippen molar-refractivity contribution in [2.24, 2.45) is 5.73 Å². The van der Waals surface area contributed by atoms with Gasteiger partial charge >= 0.3 is 0 Å². The van der Waals surface area contributed by atoms with Crippen LogP contribution in [-0.2, 0) is 11.3 Å². The highest BCUT2D eigenvalue weighted by Gasteiger charge is 2.16.